The quantitative estimate of drug-likeness (QED) is 0.885. The van der Waals surface area contributed by atoms with Crippen molar-refractivity contribution in [1.82, 2.24) is 0 Å². The van der Waals surface area contributed by atoms with Gasteiger partial charge in [0, 0.05) is 5.56 Å². The SMILES string of the molecule is N[C@@H](c1cccc(Cl)c1F)[C@H](O)C1CCCCC1. The predicted octanol–water partition coefficient (Wildman–Crippen LogP) is 3.42. The van der Waals surface area contributed by atoms with Gasteiger partial charge in [-0.2, -0.15) is 0 Å². The second kappa shape index (κ2) is 6.00. The standard InChI is InChI=1S/C14H19ClFNO/c15-11-8-4-7-10(12(11)16)13(17)14(18)9-5-2-1-3-6-9/h4,7-9,13-14,18H,1-3,5-6,17H2/t13-,14+/m0/s1. The van der Waals surface area contributed by atoms with Crippen molar-refractivity contribution in [3.05, 3.63) is 34.6 Å². The van der Waals surface area contributed by atoms with Crippen LogP contribution in [0.5, 0.6) is 0 Å². The Morgan fingerprint density at radius 3 is 2.61 bits per heavy atom. The molecule has 0 unspecified atom stereocenters. The molecule has 18 heavy (non-hydrogen) atoms. The second-order valence-corrected chi connectivity index (χ2v) is 5.46. The van der Waals surface area contributed by atoms with E-state index >= 15 is 0 Å². The van der Waals surface area contributed by atoms with Crippen molar-refractivity contribution in [3.63, 3.8) is 0 Å². The molecule has 1 aliphatic carbocycles. The molecular weight excluding hydrogens is 253 g/mol. The zero-order chi connectivity index (χ0) is 13.1. The van der Waals surface area contributed by atoms with Crippen LogP contribution in [-0.4, -0.2) is 11.2 Å². The summed E-state index contributed by atoms with van der Waals surface area (Å²) >= 11 is 5.74. The minimum absolute atomic E-state index is 0.0544. The summed E-state index contributed by atoms with van der Waals surface area (Å²) in [6.45, 7) is 0. The number of aliphatic hydroxyl groups excluding tert-OH is 1. The first-order valence-electron chi connectivity index (χ1n) is 6.49. The van der Waals surface area contributed by atoms with Crippen molar-refractivity contribution in [2.24, 2.45) is 11.7 Å². The molecule has 2 rings (SSSR count). The number of benzene rings is 1. The first-order valence-corrected chi connectivity index (χ1v) is 6.86. The fourth-order valence-electron chi connectivity index (χ4n) is 2.73. The fourth-order valence-corrected chi connectivity index (χ4v) is 2.91. The molecule has 1 aromatic carbocycles. The Balaban J connectivity index is 2.14. The smallest absolute Gasteiger partial charge is 0.146 e. The molecule has 4 heteroatoms. The molecule has 2 nitrogen and oxygen atoms in total. The molecular formula is C14H19ClFNO. The van der Waals surface area contributed by atoms with Crippen LogP contribution in [0.3, 0.4) is 0 Å². The lowest BCUT2D eigenvalue weighted by Crippen LogP contribution is -2.34. The summed E-state index contributed by atoms with van der Waals surface area (Å²) in [7, 11) is 0. The highest BCUT2D eigenvalue weighted by Gasteiger charge is 2.29. The molecule has 100 valence electrons. The molecule has 0 bridgehead atoms. The number of hydrogen-bond donors (Lipinski definition) is 2. The number of nitrogens with two attached hydrogens (primary N) is 1. The van der Waals surface area contributed by atoms with Crippen LogP contribution in [0.2, 0.25) is 5.02 Å². The van der Waals surface area contributed by atoms with Crippen LogP contribution in [0.25, 0.3) is 0 Å². The minimum atomic E-state index is -0.702. The lowest BCUT2D eigenvalue weighted by molar-refractivity contribution is 0.0608. The Morgan fingerprint density at radius 2 is 1.94 bits per heavy atom. The van der Waals surface area contributed by atoms with Crippen LogP contribution in [0, 0.1) is 11.7 Å². The van der Waals surface area contributed by atoms with Crippen LogP contribution in [0.4, 0.5) is 4.39 Å². The first-order chi connectivity index (χ1) is 8.61. The first kappa shape index (κ1) is 13.8. The summed E-state index contributed by atoms with van der Waals surface area (Å²) in [6, 6.07) is 4.04. The fraction of sp³-hybridized carbons (Fsp3) is 0.571. The number of hydrogen-bond acceptors (Lipinski definition) is 2. The third kappa shape index (κ3) is 2.85. The Morgan fingerprint density at radius 1 is 1.28 bits per heavy atom. The highest BCUT2D eigenvalue weighted by molar-refractivity contribution is 6.30. The van der Waals surface area contributed by atoms with Gasteiger partial charge >= 0.3 is 0 Å². The Kier molecular flexibility index (Phi) is 4.60. The second-order valence-electron chi connectivity index (χ2n) is 5.06. The van der Waals surface area contributed by atoms with Crippen LogP contribution in [0.1, 0.15) is 43.7 Å². The third-order valence-corrected chi connectivity index (χ3v) is 4.13. The molecule has 1 saturated carbocycles. The van der Waals surface area contributed by atoms with Gasteiger partial charge in [-0.3, -0.25) is 0 Å². The zero-order valence-corrected chi connectivity index (χ0v) is 11.0. The molecule has 3 N–H and O–H groups in total. The van der Waals surface area contributed by atoms with Gasteiger partial charge in [-0.1, -0.05) is 43.0 Å². The maximum atomic E-state index is 13.9. The van der Waals surface area contributed by atoms with Gasteiger partial charge in [0.15, 0.2) is 0 Å². The van der Waals surface area contributed by atoms with Crippen molar-refractivity contribution in [2.75, 3.05) is 0 Å². The molecule has 1 fully saturated rings. The minimum Gasteiger partial charge on any atom is -0.391 e. The summed E-state index contributed by atoms with van der Waals surface area (Å²) in [4.78, 5) is 0. The maximum absolute atomic E-state index is 13.9. The van der Waals surface area contributed by atoms with E-state index in [2.05, 4.69) is 0 Å². The van der Waals surface area contributed by atoms with Gasteiger partial charge in [0.1, 0.15) is 5.82 Å². The highest BCUT2D eigenvalue weighted by atomic mass is 35.5. The van der Waals surface area contributed by atoms with E-state index in [-0.39, 0.29) is 10.9 Å². The van der Waals surface area contributed by atoms with Crippen molar-refractivity contribution in [3.8, 4) is 0 Å². The van der Waals surface area contributed by atoms with Gasteiger partial charge in [-0.25, -0.2) is 4.39 Å². The van der Waals surface area contributed by atoms with E-state index in [0.29, 0.717) is 5.56 Å². The molecule has 0 amide bonds. The Hall–Kier alpha value is -0.640. The molecule has 0 saturated heterocycles. The summed E-state index contributed by atoms with van der Waals surface area (Å²) in [5.41, 5.74) is 6.30. The predicted molar refractivity (Wildman–Crippen MR) is 70.9 cm³/mol. The van der Waals surface area contributed by atoms with E-state index < -0.39 is 18.0 Å². The van der Waals surface area contributed by atoms with Gasteiger partial charge in [0.2, 0.25) is 0 Å². The number of aliphatic hydroxyl groups is 1. The summed E-state index contributed by atoms with van der Waals surface area (Å²) in [6.07, 6.45) is 4.69. The molecule has 0 spiro atoms. The van der Waals surface area contributed by atoms with E-state index in [4.69, 9.17) is 17.3 Å². The summed E-state index contributed by atoms with van der Waals surface area (Å²) in [5, 5.41) is 10.3. The largest absolute Gasteiger partial charge is 0.391 e. The molecule has 2 atom stereocenters. The van der Waals surface area contributed by atoms with E-state index in [0.717, 1.165) is 25.7 Å². The average molecular weight is 272 g/mol. The van der Waals surface area contributed by atoms with Crippen molar-refractivity contribution < 1.29 is 9.50 Å². The molecule has 0 radical (unpaired) electrons. The van der Waals surface area contributed by atoms with Crippen molar-refractivity contribution in [1.29, 1.82) is 0 Å². The normalized spacial score (nSPS) is 20.7. The molecule has 0 heterocycles. The topological polar surface area (TPSA) is 46.2 Å². The lowest BCUT2D eigenvalue weighted by atomic mass is 9.81. The molecule has 1 aliphatic rings. The monoisotopic (exact) mass is 271 g/mol. The third-order valence-electron chi connectivity index (χ3n) is 3.84. The lowest BCUT2D eigenvalue weighted by Gasteiger charge is -2.30. The van der Waals surface area contributed by atoms with Gasteiger partial charge in [0.05, 0.1) is 17.2 Å². The van der Waals surface area contributed by atoms with Gasteiger partial charge in [-0.15, -0.1) is 0 Å². The summed E-state index contributed by atoms with van der Waals surface area (Å²) in [5.74, 6) is -0.339. The van der Waals surface area contributed by atoms with E-state index in [1.54, 1.807) is 12.1 Å². The van der Waals surface area contributed by atoms with E-state index in [9.17, 15) is 9.50 Å². The van der Waals surface area contributed by atoms with Crippen molar-refractivity contribution in [2.45, 2.75) is 44.2 Å². The Labute approximate surface area is 112 Å². The summed E-state index contributed by atoms with van der Waals surface area (Å²) < 4.78 is 13.9. The Bertz CT molecular complexity index is 407. The maximum Gasteiger partial charge on any atom is 0.146 e. The van der Waals surface area contributed by atoms with E-state index in [1.807, 2.05) is 0 Å². The molecule has 0 aliphatic heterocycles. The van der Waals surface area contributed by atoms with Gasteiger partial charge in [-0.05, 0) is 24.8 Å². The number of halogens is 2. The van der Waals surface area contributed by atoms with Crippen LogP contribution < -0.4 is 5.73 Å². The number of rotatable bonds is 3. The van der Waals surface area contributed by atoms with E-state index in [1.165, 1.54) is 12.5 Å². The van der Waals surface area contributed by atoms with Crippen LogP contribution in [-0.2, 0) is 0 Å². The van der Waals surface area contributed by atoms with Gasteiger partial charge in [0.25, 0.3) is 0 Å². The van der Waals surface area contributed by atoms with Crippen LogP contribution >= 0.6 is 11.6 Å². The average Bonchev–Trinajstić information content (AvgIpc) is 2.41. The zero-order valence-electron chi connectivity index (χ0n) is 10.3. The van der Waals surface area contributed by atoms with Gasteiger partial charge < -0.3 is 10.8 Å². The molecule has 1 aromatic rings. The van der Waals surface area contributed by atoms with Crippen molar-refractivity contribution >= 4 is 11.6 Å². The molecule has 0 aromatic heterocycles. The van der Waals surface area contributed by atoms with Crippen LogP contribution in [0.15, 0.2) is 18.2 Å². The highest BCUT2D eigenvalue weighted by Crippen LogP contribution is 2.33.